The topological polar surface area (TPSA) is 71.1 Å². The van der Waals surface area contributed by atoms with Gasteiger partial charge in [0, 0.05) is 24.7 Å². The Morgan fingerprint density at radius 1 is 0.902 bits per heavy atom. The highest BCUT2D eigenvalue weighted by Crippen LogP contribution is 2.39. The second kappa shape index (κ2) is 12.2. The molecule has 3 aromatic carbocycles. The molecule has 0 radical (unpaired) electrons. The van der Waals surface area contributed by atoms with Crippen LogP contribution in [0.3, 0.4) is 0 Å². The van der Waals surface area contributed by atoms with E-state index in [1.165, 1.54) is 5.56 Å². The first kappa shape index (κ1) is 27.2. The van der Waals surface area contributed by atoms with Gasteiger partial charge >= 0.3 is 6.03 Å². The minimum absolute atomic E-state index is 0.0661. The Morgan fingerprint density at radius 3 is 2.41 bits per heavy atom. The van der Waals surface area contributed by atoms with Crippen LogP contribution in [-0.2, 0) is 11.3 Å². The molecule has 3 aliphatic rings. The summed E-state index contributed by atoms with van der Waals surface area (Å²) in [5.41, 5.74) is 4.19. The highest BCUT2D eigenvalue weighted by atomic mass is 16.7. The lowest BCUT2D eigenvalue weighted by atomic mass is 9.74. The molecule has 2 fully saturated rings. The monoisotopic (exact) mass is 553 g/mol. The van der Waals surface area contributed by atoms with Crippen molar-refractivity contribution in [1.29, 1.82) is 0 Å². The van der Waals surface area contributed by atoms with E-state index in [0.29, 0.717) is 6.54 Å². The second-order valence-corrected chi connectivity index (χ2v) is 11.5. The fourth-order valence-electron chi connectivity index (χ4n) is 6.44. The summed E-state index contributed by atoms with van der Waals surface area (Å²) < 4.78 is 11.0. The van der Waals surface area contributed by atoms with E-state index in [2.05, 4.69) is 29.6 Å². The number of likely N-dealkylation sites (tertiary alicyclic amines) is 1. The van der Waals surface area contributed by atoms with Crippen molar-refractivity contribution in [2.75, 3.05) is 24.8 Å². The molecule has 2 aliphatic heterocycles. The zero-order valence-electron chi connectivity index (χ0n) is 23.8. The third kappa shape index (κ3) is 6.04. The molecule has 1 N–H and O–H groups in total. The number of rotatable bonds is 7. The normalized spacial score (nSPS) is 20.5. The largest absolute Gasteiger partial charge is 0.454 e. The fourth-order valence-corrected chi connectivity index (χ4v) is 6.44. The van der Waals surface area contributed by atoms with Crippen LogP contribution in [0.2, 0.25) is 0 Å². The molecule has 2 unspecified atom stereocenters. The van der Waals surface area contributed by atoms with Crippen LogP contribution in [0.4, 0.5) is 10.5 Å². The molecule has 3 aromatic rings. The lowest BCUT2D eigenvalue weighted by Gasteiger charge is -2.32. The van der Waals surface area contributed by atoms with Crippen molar-refractivity contribution in [3.05, 3.63) is 89.5 Å². The van der Waals surface area contributed by atoms with Gasteiger partial charge in [0.1, 0.15) is 0 Å². The number of carbonyl (C=O) groups is 2. The van der Waals surface area contributed by atoms with Crippen LogP contribution in [0, 0.1) is 5.92 Å². The smallest absolute Gasteiger partial charge is 0.324 e. The molecule has 2 heterocycles. The van der Waals surface area contributed by atoms with Gasteiger partial charge < -0.3 is 19.7 Å². The van der Waals surface area contributed by atoms with Crippen molar-refractivity contribution >= 4 is 17.6 Å². The first-order valence-electron chi connectivity index (χ1n) is 15.0. The maximum atomic E-state index is 13.6. The Bertz CT molecular complexity index is 1350. The van der Waals surface area contributed by atoms with Crippen LogP contribution >= 0.6 is 0 Å². The van der Waals surface area contributed by atoms with Crippen LogP contribution in [0.25, 0.3) is 0 Å². The van der Waals surface area contributed by atoms with E-state index in [9.17, 15) is 9.59 Å². The number of hydrogen-bond donors (Lipinski definition) is 1. The maximum Gasteiger partial charge on any atom is 0.324 e. The lowest BCUT2D eigenvalue weighted by Crippen LogP contribution is -2.41. The van der Waals surface area contributed by atoms with Gasteiger partial charge in [0.05, 0.1) is 12.6 Å². The molecule has 7 nitrogen and oxygen atoms in total. The van der Waals surface area contributed by atoms with Crippen molar-refractivity contribution in [3.8, 4) is 11.5 Å². The quantitative estimate of drug-likeness (QED) is 0.350. The molecule has 41 heavy (non-hydrogen) atoms. The van der Waals surface area contributed by atoms with Crippen molar-refractivity contribution in [3.63, 3.8) is 0 Å². The molecule has 214 valence electrons. The van der Waals surface area contributed by atoms with Crippen molar-refractivity contribution < 1.29 is 19.1 Å². The number of carbonyl (C=O) groups excluding carboxylic acids is 2. The molecule has 3 atom stereocenters. The lowest BCUT2D eigenvalue weighted by molar-refractivity contribution is -0.127. The first-order chi connectivity index (χ1) is 20.1. The number of benzene rings is 3. The van der Waals surface area contributed by atoms with Crippen molar-refractivity contribution in [2.24, 2.45) is 5.92 Å². The summed E-state index contributed by atoms with van der Waals surface area (Å²) in [6.45, 7) is 4.41. The molecule has 7 heteroatoms. The number of nitrogens with one attached hydrogen (secondary N) is 1. The summed E-state index contributed by atoms with van der Waals surface area (Å²) in [5.74, 6) is 1.69. The number of anilines is 1. The number of urea groups is 1. The van der Waals surface area contributed by atoms with Gasteiger partial charge in [-0.15, -0.1) is 0 Å². The number of amides is 3. The summed E-state index contributed by atoms with van der Waals surface area (Å²) in [6.07, 6.45) is 6.21. The van der Waals surface area contributed by atoms with E-state index in [1.54, 1.807) is 0 Å². The maximum absolute atomic E-state index is 13.6. The third-order valence-corrected chi connectivity index (χ3v) is 8.78. The molecular weight excluding hydrogens is 514 g/mol. The Balaban J connectivity index is 1.14. The van der Waals surface area contributed by atoms with E-state index in [0.717, 1.165) is 79.9 Å². The molecule has 0 aromatic heterocycles. The average molecular weight is 554 g/mol. The van der Waals surface area contributed by atoms with Crippen LogP contribution in [0.1, 0.15) is 74.1 Å². The Hall–Kier alpha value is -4.00. The summed E-state index contributed by atoms with van der Waals surface area (Å²) in [7, 11) is 0. The van der Waals surface area contributed by atoms with Gasteiger partial charge in [-0.2, -0.15) is 0 Å². The van der Waals surface area contributed by atoms with Crippen molar-refractivity contribution in [1.82, 2.24) is 10.2 Å². The number of ether oxygens (including phenoxy) is 2. The number of nitrogens with zero attached hydrogens (tertiary/aromatic N) is 2. The van der Waals surface area contributed by atoms with Gasteiger partial charge in [0.2, 0.25) is 12.7 Å². The van der Waals surface area contributed by atoms with E-state index in [-0.39, 0.29) is 36.6 Å². The predicted molar refractivity (Wildman–Crippen MR) is 159 cm³/mol. The molecule has 0 bridgehead atoms. The first-order valence-corrected chi connectivity index (χ1v) is 15.0. The number of para-hydroxylation sites is 1. The summed E-state index contributed by atoms with van der Waals surface area (Å²) in [4.78, 5) is 30.8. The Morgan fingerprint density at radius 2 is 1.63 bits per heavy atom. The summed E-state index contributed by atoms with van der Waals surface area (Å²) >= 11 is 0. The molecular formula is C34H39N3O4. The van der Waals surface area contributed by atoms with E-state index in [1.807, 2.05) is 65.3 Å². The Labute approximate surface area is 242 Å². The summed E-state index contributed by atoms with van der Waals surface area (Å²) in [6, 6.07) is 24.3. The van der Waals surface area contributed by atoms with Crippen molar-refractivity contribution in [2.45, 2.75) is 64.0 Å². The van der Waals surface area contributed by atoms with Gasteiger partial charge in [-0.05, 0) is 79.5 Å². The number of fused-ring (bicyclic) bond motifs is 1. The van der Waals surface area contributed by atoms with Crippen LogP contribution in [0.5, 0.6) is 11.5 Å². The molecule has 3 amide bonds. The van der Waals surface area contributed by atoms with Crippen LogP contribution in [-0.4, -0.2) is 36.7 Å². The van der Waals surface area contributed by atoms with Crippen LogP contribution < -0.4 is 19.7 Å². The Kier molecular flexibility index (Phi) is 8.12. The van der Waals surface area contributed by atoms with Gasteiger partial charge in [0.25, 0.3) is 0 Å². The van der Waals surface area contributed by atoms with Crippen LogP contribution in [0.15, 0.2) is 72.8 Å². The van der Waals surface area contributed by atoms with Gasteiger partial charge in [-0.1, -0.05) is 61.4 Å². The standard InChI is InChI=1S/C34H39N3O4/c1-24(27-17-18-31-32(21-27)41-23-40-31)35-33(38)30-12-6-5-11-29(30)26-15-13-25(14-16-26)22-37(28-9-3-2-4-10-28)34(39)36-19-7-8-20-36/h2-4,9-10,13-18,21,24,29-30H,5-8,11-12,19-20,22-23H2,1H3,(H,35,38)/t24?,29?,30-/m0/s1. The second-order valence-electron chi connectivity index (χ2n) is 11.5. The van der Waals surface area contributed by atoms with Gasteiger partial charge in [-0.25, -0.2) is 4.79 Å². The molecule has 1 saturated heterocycles. The van der Waals surface area contributed by atoms with E-state index >= 15 is 0 Å². The molecule has 1 saturated carbocycles. The van der Waals surface area contributed by atoms with Gasteiger partial charge in [0.15, 0.2) is 11.5 Å². The summed E-state index contributed by atoms with van der Waals surface area (Å²) in [5, 5.41) is 3.27. The minimum atomic E-state index is -0.126. The zero-order chi connectivity index (χ0) is 28.2. The van der Waals surface area contributed by atoms with Gasteiger partial charge in [-0.3, -0.25) is 9.69 Å². The fraction of sp³-hybridized carbons (Fsp3) is 0.412. The average Bonchev–Trinajstić information content (AvgIpc) is 3.73. The van der Waals surface area contributed by atoms with E-state index in [4.69, 9.17) is 9.47 Å². The molecule has 6 rings (SSSR count). The SMILES string of the molecule is CC(NC(=O)[C@H]1CCCCC1c1ccc(CN(C(=O)N2CCCC2)c2ccccc2)cc1)c1ccc2c(c1)OCO2. The third-order valence-electron chi connectivity index (χ3n) is 8.78. The predicted octanol–water partition coefficient (Wildman–Crippen LogP) is 6.79. The molecule has 1 aliphatic carbocycles. The highest BCUT2D eigenvalue weighted by Gasteiger charge is 2.33. The number of hydrogen-bond acceptors (Lipinski definition) is 4. The zero-order valence-corrected chi connectivity index (χ0v) is 23.8. The highest BCUT2D eigenvalue weighted by molar-refractivity contribution is 5.92. The minimum Gasteiger partial charge on any atom is -0.454 e. The van der Waals surface area contributed by atoms with E-state index < -0.39 is 0 Å². The molecule has 0 spiro atoms.